The Balaban J connectivity index is 0.000000468. The molecule has 1 amide bonds. The van der Waals surface area contributed by atoms with E-state index in [4.69, 9.17) is 0 Å². The fourth-order valence-electron chi connectivity index (χ4n) is 2.99. The summed E-state index contributed by atoms with van der Waals surface area (Å²) in [5.74, 6) is 1.60. The molecule has 0 saturated carbocycles. The Morgan fingerprint density at radius 1 is 0.815 bits per heavy atom. The average Bonchev–Trinajstić information content (AvgIpc) is 2.57. The van der Waals surface area contributed by atoms with E-state index < -0.39 is 0 Å². The molecule has 0 aromatic carbocycles. The highest BCUT2D eigenvalue weighted by molar-refractivity contribution is 5.76. The normalized spacial score (nSPS) is 20.0. The van der Waals surface area contributed by atoms with Gasteiger partial charge in [-0.2, -0.15) is 0 Å². The van der Waals surface area contributed by atoms with Crippen LogP contribution in [-0.2, 0) is 4.79 Å². The molecule has 2 aliphatic heterocycles. The van der Waals surface area contributed by atoms with E-state index in [1.807, 2.05) is 11.9 Å². The maximum absolute atomic E-state index is 11.8. The number of hydrogen-bond donors (Lipinski definition) is 0. The quantitative estimate of drug-likeness (QED) is 0.748. The summed E-state index contributed by atoms with van der Waals surface area (Å²) in [6.45, 7) is 17.9. The minimum atomic E-state index is 0.305. The second-order valence-corrected chi connectivity index (χ2v) is 9.48. The molecule has 2 heterocycles. The molecule has 2 fully saturated rings. The largest absolute Gasteiger partial charge is 0.343 e. The predicted octanol–water partition coefficient (Wildman–Crippen LogP) is 3.11. The van der Waals surface area contributed by atoms with Crippen molar-refractivity contribution in [1.29, 1.82) is 0 Å². The topological polar surface area (TPSA) is 30.0 Å². The maximum Gasteiger partial charge on any atom is 0.222 e. The fraction of sp³-hybridized carbons (Fsp3) is 0.955. The molecule has 0 unspecified atom stereocenters. The second-order valence-electron chi connectivity index (χ2n) is 9.48. The Morgan fingerprint density at radius 3 is 1.48 bits per heavy atom. The van der Waals surface area contributed by atoms with E-state index in [1.165, 1.54) is 26.2 Å². The Labute approximate surface area is 170 Å². The van der Waals surface area contributed by atoms with Crippen molar-refractivity contribution < 1.29 is 4.79 Å². The van der Waals surface area contributed by atoms with E-state index in [1.54, 1.807) is 0 Å². The lowest BCUT2D eigenvalue weighted by atomic mass is 10.0. The number of carbonyl (C=O) groups excluding carboxylic acids is 1. The number of amides is 1. The number of piperidine rings is 1. The molecule has 2 rings (SSSR count). The van der Waals surface area contributed by atoms with Crippen molar-refractivity contribution in [3.8, 4) is 0 Å². The molecule has 0 aromatic rings. The van der Waals surface area contributed by atoms with Crippen LogP contribution in [0.15, 0.2) is 0 Å². The second kappa shape index (κ2) is 14.4. The van der Waals surface area contributed by atoms with Crippen molar-refractivity contribution >= 4 is 5.91 Å². The third-order valence-electron chi connectivity index (χ3n) is 4.94. The van der Waals surface area contributed by atoms with Crippen LogP contribution in [0.3, 0.4) is 0 Å². The predicted molar refractivity (Wildman–Crippen MR) is 118 cm³/mol. The van der Waals surface area contributed by atoms with Crippen molar-refractivity contribution in [2.24, 2.45) is 11.8 Å². The molecule has 162 valence electrons. The monoisotopic (exact) mass is 384 g/mol. The molecule has 2 saturated heterocycles. The zero-order valence-electron chi connectivity index (χ0n) is 19.8. The first-order valence-corrected chi connectivity index (χ1v) is 10.8. The number of rotatable bonds is 3. The standard InChI is InChI=1S/C12H24N2O.C6H14N2.C4H10/c1-10(2)9-12(15)14(4)11-5-7-13(3)8-6-11;1-7-3-5-8(2)6-4-7;1-4(2)3/h10-11H,5-9H2,1-4H3;3-6H2,1-2H3;4H,1-3H3. The van der Waals surface area contributed by atoms with Gasteiger partial charge in [-0.05, 0) is 58.9 Å². The van der Waals surface area contributed by atoms with E-state index in [2.05, 4.69) is 70.5 Å². The van der Waals surface area contributed by atoms with Crippen LogP contribution in [0.4, 0.5) is 0 Å². The van der Waals surface area contributed by atoms with Crippen molar-refractivity contribution in [1.82, 2.24) is 19.6 Å². The van der Waals surface area contributed by atoms with Gasteiger partial charge in [0.2, 0.25) is 5.91 Å². The van der Waals surface area contributed by atoms with E-state index in [0.29, 0.717) is 24.3 Å². The van der Waals surface area contributed by atoms with Gasteiger partial charge in [0, 0.05) is 45.7 Å². The summed E-state index contributed by atoms with van der Waals surface area (Å²) in [5, 5.41) is 0. The van der Waals surface area contributed by atoms with Crippen molar-refractivity contribution in [3.05, 3.63) is 0 Å². The molecule has 2 aliphatic rings. The van der Waals surface area contributed by atoms with E-state index >= 15 is 0 Å². The van der Waals surface area contributed by atoms with Gasteiger partial charge in [-0.1, -0.05) is 34.6 Å². The molecule has 0 atom stereocenters. The summed E-state index contributed by atoms with van der Waals surface area (Å²) >= 11 is 0. The minimum Gasteiger partial charge on any atom is -0.343 e. The minimum absolute atomic E-state index is 0.305. The van der Waals surface area contributed by atoms with E-state index in [-0.39, 0.29) is 0 Å². The molecule has 5 heteroatoms. The Morgan fingerprint density at radius 2 is 1.15 bits per heavy atom. The van der Waals surface area contributed by atoms with Gasteiger partial charge >= 0.3 is 0 Å². The van der Waals surface area contributed by atoms with Crippen LogP contribution < -0.4 is 0 Å². The van der Waals surface area contributed by atoms with Gasteiger partial charge < -0.3 is 19.6 Å². The maximum atomic E-state index is 11.8. The van der Waals surface area contributed by atoms with Gasteiger partial charge in [0.1, 0.15) is 0 Å². The van der Waals surface area contributed by atoms with Gasteiger partial charge in [-0.25, -0.2) is 0 Å². The zero-order valence-corrected chi connectivity index (χ0v) is 19.8. The van der Waals surface area contributed by atoms with Gasteiger partial charge in [0.05, 0.1) is 0 Å². The molecule has 0 radical (unpaired) electrons. The van der Waals surface area contributed by atoms with Crippen LogP contribution in [0.5, 0.6) is 0 Å². The third-order valence-corrected chi connectivity index (χ3v) is 4.94. The lowest BCUT2D eigenvalue weighted by Gasteiger charge is -2.35. The van der Waals surface area contributed by atoms with Crippen LogP contribution >= 0.6 is 0 Å². The fourth-order valence-corrected chi connectivity index (χ4v) is 2.99. The van der Waals surface area contributed by atoms with E-state index in [0.717, 1.165) is 31.8 Å². The molecule has 0 N–H and O–H groups in total. The molecule has 0 bridgehead atoms. The van der Waals surface area contributed by atoms with Gasteiger partial charge in [-0.3, -0.25) is 4.79 Å². The third kappa shape index (κ3) is 14.1. The SMILES string of the molecule is CC(C)C.CC(C)CC(=O)N(C)C1CCN(C)CC1.CN1CCN(C)CC1. The first kappa shape index (κ1) is 26.4. The average molecular weight is 385 g/mol. The number of hydrogen-bond acceptors (Lipinski definition) is 4. The number of likely N-dealkylation sites (tertiary alicyclic amines) is 1. The van der Waals surface area contributed by atoms with Gasteiger partial charge in [0.15, 0.2) is 0 Å². The van der Waals surface area contributed by atoms with Crippen LogP contribution in [0.1, 0.15) is 53.9 Å². The summed E-state index contributed by atoms with van der Waals surface area (Å²) in [5.41, 5.74) is 0. The first-order chi connectivity index (χ1) is 12.5. The van der Waals surface area contributed by atoms with Crippen LogP contribution in [0.25, 0.3) is 0 Å². The number of carbonyl (C=O) groups is 1. The van der Waals surface area contributed by atoms with Crippen LogP contribution in [-0.4, -0.2) is 99.0 Å². The van der Waals surface area contributed by atoms with Gasteiger partial charge in [0.25, 0.3) is 0 Å². The molecular weight excluding hydrogens is 336 g/mol. The first-order valence-electron chi connectivity index (χ1n) is 10.8. The summed E-state index contributed by atoms with van der Waals surface area (Å²) in [4.78, 5) is 20.9. The number of likely N-dealkylation sites (N-methyl/N-ethyl adjacent to an activating group) is 2. The van der Waals surface area contributed by atoms with E-state index in [9.17, 15) is 4.79 Å². The molecule has 0 aliphatic carbocycles. The van der Waals surface area contributed by atoms with Crippen LogP contribution in [0, 0.1) is 11.8 Å². The summed E-state index contributed by atoms with van der Waals surface area (Å²) in [6, 6.07) is 0.465. The highest BCUT2D eigenvalue weighted by Gasteiger charge is 2.23. The summed E-state index contributed by atoms with van der Waals surface area (Å²) in [7, 11) is 8.45. The molecular formula is C22H48N4O. The smallest absolute Gasteiger partial charge is 0.222 e. The highest BCUT2D eigenvalue weighted by atomic mass is 16.2. The van der Waals surface area contributed by atoms with Crippen molar-refractivity contribution in [2.75, 3.05) is 67.5 Å². The summed E-state index contributed by atoms with van der Waals surface area (Å²) < 4.78 is 0. The zero-order chi connectivity index (χ0) is 21.0. The van der Waals surface area contributed by atoms with Crippen molar-refractivity contribution in [2.45, 2.75) is 59.9 Å². The molecule has 0 spiro atoms. The van der Waals surface area contributed by atoms with Gasteiger partial charge in [-0.15, -0.1) is 0 Å². The molecule has 0 aromatic heterocycles. The number of piperazine rings is 1. The Hall–Kier alpha value is -0.650. The number of nitrogens with zero attached hydrogens (tertiary/aromatic N) is 4. The molecule has 5 nitrogen and oxygen atoms in total. The lowest BCUT2D eigenvalue weighted by Crippen LogP contribution is -2.44. The van der Waals surface area contributed by atoms with Crippen LogP contribution in [0.2, 0.25) is 0 Å². The Kier molecular flexibility index (Phi) is 14.0. The molecule has 27 heavy (non-hydrogen) atoms. The van der Waals surface area contributed by atoms with Crippen molar-refractivity contribution in [3.63, 3.8) is 0 Å². The lowest BCUT2D eigenvalue weighted by molar-refractivity contribution is -0.133. The summed E-state index contributed by atoms with van der Waals surface area (Å²) in [6.07, 6.45) is 2.93. The Bertz CT molecular complexity index is 358. The highest BCUT2D eigenvalue weighted by Crippen LogP contribution is 2.16.